The van der Waals surface area contributed by atoms with Crippen LogP contribution in [0.25, 0.3) is 11.3 Å². The molecule has 2 amide bonds. The SMILES string of the molecule is C[C@H]1CCCCN1c1nnc2ccc(O[C@@H]3CC[C@H](NC(=O)Nc4cc(C(C)(C)C)nn4-c4ccc(CO)c(OCCN5CCN(C)CC5)c4)c4ccccc43)cn12.O=CO. The number of hydrogen-bond donors (Lipinski definition) is 4. The average Bonchev–Trinajstić information content (AvgIpc) is 3.87. The molecule has 3 atom stereocenters. The van der Waals surface area contributed by atoms with Crippen molar-refractivity contribution in [1.82, 2.24) is 39.5 Å². The predicted octanol–water partition coefficient (Wildman–Crippen LogP) is 6.19. The number of benzene rings is 2. The smallest absolute Gasteiger partial charge is 0.320 e. The largest absolute Gasteiger partial charge is 0.492 e. The Morgan fingerprint density at radius 3 is 2.46 bits per heavy atom. The highest BCUT2D eigenvalue weighted by Gasteiger charge is 2.31. The standard InChI is InChI=1S/C44H58N10O4.CH2O2/c1-30-10-8-9-19-52(30)43-48-47-40-18-15-33(28-53(40)43)58-37-17-16-36(34-11-6-7-12-35(34)37)45-42(56)46-41-27-39(44(2,3)4)49-54(41)32-14-13-31(29-55)38(26-32)57-25-24-51-22-20-50(5)21-23-51;2-1-3/h6-7,11-15,18,26-28,30,36-37,55H,8-10,16-17,19-25,29H2,1-5H3,(H2,45,46,56);1H,(H,2,3)/t30-,36-,37+;/m0./s1. The summed E-state index contributed by atoms with van der Waals surface area (Å²) in [6, 6.07) is 19.6. The molecule has 326 valence electrons. The zero-order chi connectivity index (χ0) is 43.1. The minimum absolute atomic E-state index is 0.144. The molecule has 2 fully saturated rings. The number of aliphatic hydroxyl groups excluding tert-OH is 1. The minimum Gasteiger partial charge on any atom is -0.492 e. The summed E-state index contributed by atoms with van der Waals surface area (Å²) in [5.41, 5.74) is 4.87. The summed E-state index contributed by atoms with van der Waals surface area (Å²) in [6.45, 7) is 14.5. The molecule has 2 aromatic carbocycles. The summed E-state index contributed by atoms with van der Waals surface area (Å²) >= 11 is 0. The van der Waals surface area contributed by atoms with E-state index in [0.29, 0.717) is 36.2 Å². The maximum Gasteiger partial charge on any atom is 0.320 e. The monoisotopic (exact) mass is 836 g/mol. The van der Waals surface area contributed by atoms with Crippen LogP contribution in [0, 0.1) is 0 Å². The number of anilines is 2. The second-order valence-corrected chi connectivity index (χ2v) is 17.2. The van der Waals surface area contributed by atoms with Gasteiger partial charge in [0.25, 0.3) is 6.47 Å². The molecule has 8 rings (SSSR count). The number of amides is 2. The number of ether oxygens (including phenoxy) is 2. The van der Waals surface area contributed by atoms with Crippen LogP contribution in [-0.2, 0) is 16.8 Å². The van der Waals surface area contributed by atoms with Gasteiger partial charge in [0.05, 0.1) is 30.2 Å². The number of likely N-dealkylation sites (N-methyl/N-ethyl adjacent to an activating group) is 1. The molecule has 0 radical (unpaired) electrons. The number of carbonyl (C=O) groups excluding carboxylic acids is 1. The Morgan fingerprint density at radius 2 is 1.72 bits per heavy atom. The lowest BCUT2D eigenvalue weighted by atomic mass is 9.85. The quantitative estimate of drug-likeness (QED) is 0.111. The van der Waals surface area contributed by atoms with Crippen LogP contribution in [0.4, 0.5) is 16.6 Å². The topological polar surface area (TPSA) is 175 Å². The molecule has 0 spiro atoms. The molecular weight excluding hydrogens is 777 g/mol. The fourth-order valence-electron chi connectivity index (χ4n) is 8.35. The number of pyridine rings is 1. The van der Waals surface area contributed by atoms with Gasteiger partial charge in [-0.15, -0.1) is 10.2 Å². The summed E-state index contributed by atoms with van der Waals surface area (Å²) in [4.78, 5) is 29.3. The number of fused-ring (bicyclic) bond motifs is 2. The third-order valence-corrected chi connectivity index (χ3v) is 11.9. The van der Waals surface area contributed by atoms with Crippen LogP contribution >= 0.6 is 0 Å². The first-order valence-corrected chi connectivity index (χ1v) is 21.4. The first kappa shape index (κ1) is 43.4. The Hall–Kier alpha value is -5.71. The van der Waals surface area contributed by atoms with E-state index < -0.39 is 0 Å². The van der Waals surface area contributed by atoms with E-state index in [-0.39, 0.29) is 36.7 Å². The number of carboxylic acid groups (broad SMARTS) is 1. The van der Waals surface area contributed by atoms with Crippen molar-refractivity contribution in [2.45, 2.75) is 90.0 Å². The maximum atomic E-state index is 13.9. The van der Waals surface area contributed by atoms with Gasteiger partial charge in [-0.2, -0.15) is 5.10 Å². The van der Waals surface area contributed by atoms with Crippen LogP contribution in [0.5, 0.6) is 11.5 Å². The van der Waals surface area contributed by atoms with Crippen LogP contribution in [-0.4, -0.2) is 116 Å². The molecular formula is C45H60N10O6. The molecule has 0 unspecified atom stereocenters. The number of piperidine rings is 1. The van der Waals surface area contributed by atoms with Crippen molar-refractivity contribution >= 4 is 29.9 Å². The van der Waals surface area contributed by atoms with Crippen molar-refractivity contribution in [3.05, 3.63) is 89.2 Å². The molecule has 2 aliphatic heterocycles. The van der Waals surface area contributed by atoms with E-state index in [1.807, 2.05) is 59.1 Å². The van der Waals surface area contributed by atoms with Crippen molar-refractivity contribution in [1.29, 1.82) is 0 Å². The molecule has 3 aromatic heterocycles. The van der Waals surface area contributed by atoms with Crippen molar-refractivity contribution < 1.29 is 29.3 Å². The van der Waals surface area contributed by atoms with Gasteiger partial charge in [-0.05, 0) is 75.4 Å². The Labute approximate surface area is 357 Å². The van der Waals surface area contributed by atoms with Crippen molar-refractivity contribution in [3.8, 4) is 17.2 Å². The van der Waals surface area contributed by atoms with Gasteiger partial charge in [-0.3, -0.25) is 19.4 Å². The van der Waals surface area contributed by atoms with Gasteiger partial charge in [0.15, 0.2) is 5.65 Å². The fraction of sp³-hybridized carbons (Fsp3) is 0.489. The highest BCUT2D eigenvalue weighted by Crippen LogP contribution is 2.39. The first-order valence-electron chi connectivity index (χ1n) is 21.4. The van der Waals surface area contributed by atoms with Crippen molar-refractivity contribution in [2.24, 2.45) is 0 Å². The lowest BCUT2D eigenvalue weighted by molar-refractivity contribution is -0.122. The van der Waals surface area contributed by atoms with E-state index in [9.17, 15) is 9.90 Å². The third kappa shape index (κ3) is 10.3. The molecule has 3 aliphatic rings. The summed E-state index contributed by atoms with van der Waals surface area (Å²) in [6.07, 6.45) is 6.77. The van der Waals surface area contributed by atoms with Gasteiger partial charge in [-0.1, -0.05) is 51.1 Å². The molecule has 2 saturated heterocycles. The molecule has 61 heavy (non-hydrogen) atoms. The van der Waals surface area contributed by atoms with E-state index in [1.54, 1.807) is 4.68 Å². The molecule has 0 bridgehead atoms. The van der Waals surface area contributed by atoms with Crippen LogP contribution < -0.4 is 25.0 Å². The van der Waals surface area contributed by atoms with Crippen molar-refractivity contribution in [3.63, 3.8) is 0 Å². The predicted molar refractivity (Wildman–Crippen MR) is 234 cm³/mol. The molecule has 16 heteroatoms. The van der Waals surface area contributed by atoms with Crippen LogP contribution in [0.15, 0.2) is 66.9 Å². The van der Waals surface area contributed by atoms with E-state index in [1.165, 1.54) is 6.42 Å². The first-order chi connectivity index (χ1) is 29.4. The van der Waals surface area contributed by atoms with Gasteiger partial charge in [0, 0.05) is 68.4 Å². The zero-order valence-electron chi connectivity index (χ0n) is 36.0. The second-order valence-electron chi connectivity index (χ2n) is 17.2. The van der Waals surface area contributed by atoms with Crippen LogP contribution in [0.3, 0.4) is 0 Å². The molecule has 0 saturated carbocycles. The normalized spacial score (nSPS) is 19.7. The Morgan fingerprint density at radius 1 is 0.951 bits per heavy atom. The Bertz CT molecular complexity index is 2260. The molecule has 5 aromatic rings. The van der Waals surface area contributed by atoms with Gasteiger partial charge in [0.1, 0.15) is 30.0 Å². The number of carbonyl (C=O) groups is 2. The molecule has 4 N–H and O–H groups in total. The molecule has 1 aliphatic carbocycles. The van der Waals surface area contributed by atoms with E-state index in [2.05, 4.69) is 82.4 Å². The van der Waals surface area contributed by atoms with Gasteiger partial charge in [0.2, 0.25) is 5.95 Å². The lowest BCUT2D eigenvalue weighted by Crippen LogP contribution is -2.45. The summed E-state index contributed by atoms with van der Waals surface area (Å²) in [5, 5.41) is 37.4. The number of hydrogen-bond acceptors (Lipinski definition) is 11. The average molecular weight is 837 g/mol. The number of rotatable bonds is 11. The lowest BCUT2D eigenvalue weighted by Gasteiger charge is -2.33. The highest BCUT2D eigenvalue weighted by atomic mass is 16.5. The number of aliphatic hydroxyl groups is 1. The number of nitrogens with one attached hydrogen (secondary N) is 2. The maximum absolute atomic E-state index is 13.9. The van der Waals surface area contributed by atoms with Crippen LogP contribution in [0.2, 0.25) is 0 Å². The zero-order valence-corrected chi connectivity index (χ0v) is 36.0. The second kappa shape index (κ2) is 19.3. The minimum atomic E-state index is -0.325. The Kier molecular flexibility index (Phi) is 13.8. The third-order valence-electron chi connectivity index (χ3n) is 11.9. The van der Waals surface area contributed by atoms with Gasteiger partial charge < -0.3 is 34.8 Å². The van der Waals surface area contributed by atoms with E-state index >= 15 is 0 Å². The van der Waals surface area contributed by atoms with E-state index in [0.717, 1.165) is 98.4 Å². The summed E-state index contributed by atoms with van der Waals surface area (Å²) < 4.78 is 16.8. The van der Waals surface area contributed by atoms with Crippen molar-refractivity contribution in [2.75, 3.05) is 63.1 Å². The number of nitrogens with zero attached hydrogens (tertiary/aromatic N) is 8. The van der Waals surface area contributed by atoms with Gasteiger partial charge in [-0.25, -0.2) is 9.48 Å². The number of urea groups is 1. The summed E-state index contributed by atoms with van der Waals surface area (Å²) in [7, 11) is 2.15. The summed E-state index contributed by atoms with van der Waals surface area (Å²) in [5.74, 6) is 2.75. The van der Waals surface area contributed by atoms with Gasteiger partial charge >= 0.3 is 6.03 Å². The number of piperazine rings is 1. The molecule has 5 heterocycles. The molecule has 16 nitrogen and oxygen atoms in total. The van der Waals surface area contributed by atoms with Crippen LogP contribution in [0.1, 0.15) is 94.3 Å². The highest BCUT2D eigenvalue weighted by molar-refractivity contribution is 5.89. The number of aromatic nitrogens is 5. The van der Waals surface area contributed by atoms with E-state index in [4.69, 9.17) is 24.5 Å². The fourth-order valence-corrected chi connectivity index (χ4v) is 8.35. The Balaban J connectivity index is 0.00000182.